The van der Waals surface area contributed by atoms with Crippen molar-refractivity contribution in [3.63, 3.8) is 0 Å². The number of hydrogen-bond donors (Lipinski definition) is 1. The van der Waals surface area contributed by atoms with Gasteiger partial charge in [-0.25, -0.2) is 9.97 Å². The third-order valence-electron chi connectivity index (χ3n) is 4.03. The maximum Gasteiger partial charge on any atom is 0.133 e. The van der Waals surface area contributed by atoms with E-state index in [2.05, 4.69) is 34.9 Å². The lowest BCUT2D eigenvalue weighted by Gasteiger charge is -2.27. The highest BCUT2D eigenvalue weighted by molar-refractivity contribution is 5.68. The highest BCUT2D eigenvalue weighted by Crippen LogP contribution is 2.35. The number of fused-ring (bicyclic) bond motifs is 1. The number of imidazole rings is 2. The number of rotatable bonds is 2. The fourth-order valence-electron chi connectivity index (χ4n) is 3.17. The largest absolute Gasteiger partial charge is 0.383 e. The van der Waals surface area contributed by atoms with Gasteiger partial charge in [0.05, 0.1) is 18.2 Å². The van der Waals surface area contributed by atoms with Crippen LogP contribution in [0.1, 0.15) is 39.1 Å². The van der Waals surface area contributed by atoms with Gasteiger partial charge in [0.2, 0.25) is 0 Å². The quantitative estimate of drug-likeness (QED) is 0.901. The van der Waals surface area contributed by atoms with Crippen molar-refractivity contribution in [1.29, 1.82) is 0 Å². The molecule has 2 aromatic heterocycles. The fraction of sp³-hybridized carbons (Fsp3) is 0.571. The molecule has 3 heterocycles. The molecule has 0 radical (unpaired) electrons. The molecule has 0 aliphatic carbocycles. The van der Waals surface area contributed by atoms with E-state index in [9.17, 15) is 0 Å². The average molecular weight is 259 g/mol. The second kappa shape index (κ2) is 4.40. The van der Waals surface area contributed by atoms with E-state index in [4.69, 9.17) is 10.7 Å². The van der Waals surface area contributed by atoms with Gasteiger partial charge in [0.15, 0.2) is 0 Å². The van der Waals surface area contributed by atoms with Crippen molar-refractivity contribution in [2.45, 2.75) is 46.2 Å². The highest BCUT2D eigenvalue weighted by atomic mass is 15.2. The minimum atomic E-state index is 0.429. The third kappa shape index (κ3) is 1.84. The van der Waals surface area contributed by atoms with Crippen LogP contribution in [0.25, 0.3) is 11.4 Å². The molecule has 0 saturated carbocycles. The van der Waals surface area contributed by atoms with Crippen LogP contribution in [-0.4, -0.2) is 19.1 Å². The number of nitrogen functional groups attached to an aromatic ring is 1. The molecule has 5 heteroatoms. The van der Waals surface area contributed by atoms with E-state index >= 15 is 0 Å². The van der Waals surface area contributed by atoms with Crippen molar-refractivity contribution >= 4 is 5.82 Å². The molecule has 2 N–H and O–H groups in total. The van der Waals surface area contributed by atoms with E-state index < -0.39 is 0 Å². The number of aromatic nitrogens is 4. The van der Waals surface area contributed by atoms with Crippen LogP contribution in [-0.2, 0) is 13.0 Å². The van der Waals surface area contributed by atoms with Gasteiger partial charge < -0.3 is 14.9 Å². The molecule has 5 nitrogen and oxygen atoms in total. The fourth-order valence-corrected chi connectivity index (χ4v) is 3.17. The van der Waals surface area contributed by atoms with Crippen LogP contribution >= 0.6 is 0 Å². The summed E-state index contributed by atoms with van der Waals surface area (Å²) in [6.45, 7) is 7.48. The monoisotopic (exact) mass is 259 g/mol. The SMILES string of the molecule is CCn1cncc1-c1nc2n(c1N)C(C)CC(C)C2. The summed E-state index contributed by atoms with van der Waals surface area (Å²) in [4.78, 5) is 8.99. The summed E-state index contributed by atoms with van der Waals surface area (Å²) < 4.78 is 4.28. The van der Waals surface area contributed by atoms with Crippen LogP contribution in [0.15, 0.2) is 12.5 Å². The molecule has 0 saturated heterocycles. The highest BCUT2D eigenvalue weighted by Gasteiger charge is 2.27. The van der Waals surface area contributed by atoms with E-state index in [0.29, 0.717) is 12.0 Å². The minimum Gasteiger partial charge on any atom is -0.383 e. The van der Waals surface area contributed by atoms with Crippen molar-refractivity contribution in [3.8, 4) is 11.4 Å². The molecular weight excluding hydrogens is 238 g/mol. The molecule has 0 spiro atoms. The Morgan fingerprint density at radius 1 is 1.42 bits per heavy atom. The Labute approximate surface area is 113 Å². The Bertz CT molecular complexity index is 595. The van der Waals surface area contributed by atoms with Crippen molar-refractivity contribution in [3.05, 3.63) is 18.3 Å². The molecule has 2 aromatic rings. The lowest BCUT2D eigenvalue weighted by atomic mass is 9.95. The van der Waals surface area contributed by atoms with Crippen molar-refractivity contribution in [2.24, 2.45) is 5.92 Å². The molecule has 3 rings (SSSR count). The Hall–Kier alpha value is -1.78. The molecule has 0 aromatic carbocycles. The molecule has 102 valence electrons. The molecule has 0 fully saturated rings. The van der Waals surface area contributed by atoms with Crippen molar-refractivity contribution < 1.29 is 0 Å². The summed E-state index contributed by atoms with van der Waals surface area (Å²) in [5, 5.41) is 0. The smallest absolute Gasteiger partial charge is 0.133 e. The summed E-state index contributed by atoms with van der Waals surface area (Å²) in [7, 11) is 0. The van der Waals surface area contributed by atoms with Gasteiger partial charge in [-0.1, -0.05) is 6.92 Å². The summed E-state index contributed by atoms with van der Waals surface area (Å²) in [5.41, 5.74) is 8.23. The zero-order valence-corrected chi connectivity index (χ0v) is 11.8. The minimum absolute atomic E-state index is 0.429. The molecule has 2 atom stereocenters. The Morgan fingerprint density at radius 2 is 2.21 bits per heavy atom. The van der Waals surface area contributed by atoms with Crippen molar-refractivity contribution in [2.75, 3.05) is 5.73 Å². The van der Waals surface area contributed by atoms with E-state index in [1.54, 1.807) is 0 Å². The number of anilines is 1. The summed E-state index contributed by atoms with van der Waals surface area (Å²) in [6, 6.07) is 0.429. The molecular formula is C14H21N5. The first kappa shape index (κ1) is 12.3. The van der Waals surface area contributed by atoms with E-state index in [1.165, 1.54) is 6.42 Å². The van der Waals surface area contributed by atoms with Crippen LogP contribution in [0.3, 0.4) is 0 Å². The molecule has 0 bridgehead atoms. The Balaban J connectivity index is 2.12. The lowest BCUT2D eigenvalue weighted by molar-refractivity contribution is 0.346. The molecule has 19 heavy (non-hydrogen) atoms. The maximum atomic E-state index is 6.33. The molecule has 1 aliphatic rings. The first-order valence-electron chi connectivity index (χ1n) is 6.98. The van der Waals surface area contributed by atoms with E-state index in [1.807, 2.05) is 12.5 Å². The normalized spacial score (nSPS) is 22.5. The maximum absolute atomic E-state index is 6.33. The van der Waals surface area contributed by atoms with Gasteiger partial charge >= 0.3 is 0 Å². The Kier molecular flexibility index (Phi) is 2.84. The zero-order valence-electron chi connectivity index (χ0n) is 11.8. The summed E-state index contributed by atoms with van der Waals surface area (Å²) >= 11 is 0. The first-order chi connectivity index (χ1) is 9.11. The topological polar surface area (TPSA) is 61.7 Å². The number of nitrogens with two attached hydrogens (primary N) is 1. The molecule has 0 amide bonds. The summed E-state index contributed by atoms with van der Waals surface area (Å²) in [5.74, 6) is 2.57. The van der Waals surface area contributed by atoms with Crippen molar-refractivity contribution in [1.82, 2.24) is 19.1 Å². The first-order valence-corrected chi connectivity index (χ1v) is 6.98. The van der Waals surface area contributed by atoms with E-state index in [-0.39, 0.29) is 0 Å². The van der Waals surface area contributed by atoms with Crippen LogP contribution in [0, 0.1) is 5.92 Å². The van der Waals surface area contributed by atoms with Gasteiger partial charge in [-0.15, -0.1) is 0 Å². The lowest BCUT2D eigenvalue weighted by Crippen LogP contribution is -2.22. The van der Waals surface area contributed by atoms with Gasteiger partial charge in [-0.2, -0.15) is 0 Å². The standard InChI is InChI=1S/C14H21N5/c1-4-18-8-16-7-11(18)13-14(15)19-10(3)5-9(2)6-12(19)17-13/h7-10H,4-6,15H2,1-3H3. The third-order valence-corrected chi connectivity index (χ3v) is 4.03. The second-order valence-corrected chi connectivity index (χ2v) is 5.59. The number of aryl methyl sites for hydroxylation is 1. The van der Waals surface area contributed by atoms with Gasteiger partial charge in [-0.3, -0.25) is 0 Å². The van der Waals surface area contributed by atoms with Gasteiger partial charge in [0, 0.05) is 19.0 Å². The van der Waals surface area contributed by atoms with Gasteiger partial charge in [-0.05, 0) is 26.2 Å². The molecule has 1 aliphatic heterocycles. The van der Waals surface area contributed by atoms with Crippen LogP contribution in [0.4, 0.5) is 5.82 Å². The zero-order chi connectivity index (χ0) is 13.6. The number of hydrogen-bond acceptors (Lipinski definition) is 3. The van der Waals surface area contributed by atoms with Gasteiger partial charge in [0.25, 0.3) is 0 Å². The molecule has 2 unspecified atom stereocenters. The predicted molar refractivity (Wildman–Crippen MR) is 75.7 cm³/mol. The predicted octanol–water partition coefficient (Wildman–Crippen LogP) is 2.49. The van der Waals surface area contributed by atoms with E-state index in [0.717, 1.165) is 36.0 Å². The van der Waals surface area contributed by atoms with Crippen LogP contribution in [0.2, 0.25) is 0 Å². The van der Waals surface area contributed by atoms with Crippen LogP contribution < -0.4 is 5.73 Å². The van der Waals surface area contributed by atoms with Crippen LogP contribution in [0.5, 0.6) is 0 Å². The Morgan fingerprint density at radius 3 is 2.95 bits per heavy atom. The second-order valence-electron chi connectivity index (χ2n) is 5.59. The summed E-state index contributed by atoms with van der Waals surface area (Å²) in [6.07, 6.45) is 5.86. The van der Waals surface area contributed by atoms with Gasteiger partial charge in [0.1, 0.15) is 17.3 Å². The average Bonchev–Trinajstić information content (AvgIpc) is 2.93. The number of nitrogens with zero attached hydrogens (tertiary/aromatic N) is 4.